The largest absolute Gasteiger partial charge is 0.461 e. The smallest absolute Gasteiger partial charge is 0.354 e. The molecule has 14 heavy (non-hydrogen) atoms. The maximum Gasteiger partial charge on any atom is 0.354 e. The molecule has 0 spiro atoms. The number of H-pyrrole nitrogens is 1. The molecule has 0 aromatic carbocycles. The SMILES string of the molecule is CCOC(=O)c1cc2c([nH]1)CNCC2. The average molecular weight is 194 g/mol. The first kappa shape index (κ1) is 9.27. The minimum absolute atomic E-state index is 0.262. The monoisotopic (exact) mass is 194 g/mol. The van der Waals surface area contributed by atoms with E-state index >= 15 is 0 Å². The predicted molar refractivity (Wildman–Crippen MR) is 52.2 cm³/mol. The molecule has 76 valence electrons. The zero-order valence-corrected chi connectivity index (χ0v) is 8.22. The summed E-state index contributed by atoms with van der Waals surface area (Å²) in [6.45, 7) is 4.02. The van der Waals surface area contributed by atoms with Gasteiger partial charge in [0.25, 0.3) is 0 Å². The molecule has 2 N–H and O–H groups in total. The number of nitrogens with one attached hydrogen (secondary N) is 2. The molecule has 0 fully saturated rings. The molecule has 0 unspecified atom stereocenters. The Balaban J connectivity index is 2.19. The zero-order valence-electron chi connectivity index (χ0n) is 8.22. The quantitative estimate of drug-likeness (QED) is 0.686. The highest BCUT2D eigenvalue weighted by Crippen LogP contribution is 2.15. The van der Waals surface area contributed by atoms with Crippen LogP contribution in [-0.4, -0.2) is 24.1 Å². The van der Waals surface area contributed by atoms with E-state index in [1.54, 1.807) is 0 Å². The molecule has 0 amide bonds. The first-order valence-electron chi connectivity index (χ1n) is 4.90. The summed E-state index contributed by atoms with van der Waals surface area (Å²) in [6, 6.07) is 1.90. The van der Waals surface area contributed by atoms with Gasteiger partial charge in [0, 0.05) is 12.2 Å². The van der Waals surface area contributed by atoms with Crippen LogP contribution in [0.5, 0.6) is 0 Å². The van der Waals surface area contributed by atoms with Crippen LogP contribution >= 0.6 is 0 Å². The Morgan fingerprint density at radius 1 is 1.64 bits per heavy atom. The van der Waals surface area contributed by atoms with Crippen LogP contribution < -0.4 is 5.32 Å². The first-order valence-corrected chi connectivity index (χ1v) is 4.90. The van der Waals surface area contributed by atoms with Gasteiger partial charge in [-0.1, -0.05) is 0 Å². The van der Waals surface area contributed by atoms with Gasteiger partial charge in [-0.3, -0.25) is 0 Å². The fourth-order valence-electron chi connectivity index (χ4n) is 1.68. The van der Waals surface area contributed by atoms with Crippen molar-refractivity contribution in [1.82, 2.24) is 10.3 Å². The molecule has 1 aromatic heterocycles. The Labute approximate surface area is 82.6 Å². The summed E-state index contributed by atoms with van der Waals surface area (Å²) in [5, 5.41) is 3.24. The molecule has 0 aliphatic carbocycles. The van der Waals surface area contributed by atoms with Crippen molar-refractivity contribution in [2.24, 2.45) is 0 Å². The van der Waals surface area contributed by atoms with Crippen molar-refractivity contribution in [3.63, 3.8) is 0 Å². The summed E-state index contributed by atoms with van der Waals surface area (Å²) in [6.07, 6.45) is 0.977. The molecule has 1 aromatic rings. The van der Waals surface area contributed by atoms with E-state index in [2.05, 4.69) is 10.3 Å². The van der Waals surface area contributed by atoms with Crippen LogP contribution in [0.2, 0.25) is 0 Å². The van der Waals surface area contributed by atoms with Crippen LogP contribution in [0.25, 0.3) is 0 Å². The third kappa shape index (κ3) is 1.65. The van der Waals surface area contributed by atoms with E-state index < -0.39 is 0 Å². The van der Waals surface area contributed by atoms with E-state index in [1.807, 2.05) is 13.0 Å². The fraction of sp³-hybridized carbons (Fsp3) is 0.500. The molecule has 2 heterocycles. The Morgan fingerprint density at radius 2 is 2.50 bits per heavy atom. The van der Waals surface area contributed by atoms with Crippen molar-refractivity contribution in [1.29, 1.82) is 0 Å². The Bertz CT molecular complexity index is 320. The molecule has 0 saturated carbocycles. The van der Waals surface area contributed by atoms with Crippen LogP contribution in [0.4, 0.5) is 0 Å². The topological polar surface area (TPSA) is 54.1 Å². The fourth-order valence-corrected chi connectivity index (χ4v) is 1.68. The number of carbonyl (C=O) groups is 1. The lowest BCUT2D eigenvalue weighted by atomic mass is 10.1. The van der Waals surface area contributed by atoms with Crippen LogP contribution in [-0.2, 0) is 17.7 Å². The van der Waals surface area contributed by atoms with E-state index in [1.165, 1.54) is 5.56 Å². The van der Waals surface area contributed by atoms with Crippen LogP contribution in [0.15, 0.2) is 6.07 Å². The highest BCUT2D eigenvalue weighted by molar-refractivity contribution is 5.87. The van der Waals surface area contributed by atoms with E-state index in [0.29, 0.717) is 12.3 Å². The lowest BCUT2D eigenvalue weighted by molar-refractivity contribution is 0.0520. The molecule has 0 saturated heterocycles. The van der Waals surface area contributed by atoms with Gasteiger partial charge in [0.1, 0.15) is 5.69 Å². The second-order valence-electron chi connectivity index (χ2n) is 3.33. The molecule has 4 nitrogen and oxygen atoms in total. The van der Waals surface area contributed by atoms with Gasteiger partial charge < -0.3 is 15.0 Å². The Hall–Kier alpha value is -1.29. The van der Waals surface area contributed by atoms with Gasteiger partial charge in [0.15, 0.2) is 0 Å². The molecule has 0 atom stereocenters. The summed E-state index contributed by atoms with van der Waals surface area (Å²) >= 11 is 0. The molecule has 0 radical (unpaired) electrons. The number of ether oxygens (including phenoxy) is 1. The minimum Gasteiger partial charge on any atom is -0.461 e. The number of hydrogen-bond acceptors (Lipinski definition) is 3. The second-order valence-corrected chi connectivity index (χ2v) is 3.33. The van der Waals surface area contributed by atoms with Crippen molar-refractivity contribution in [2.45, 2.75) is 19.9 Å². The Kier molecular flexibility index (Phi) is 2.54. The Morgan fingerprint density at radius 3 is 3.21 bits per heavy atom. The molecular formula is C10H14N2O2. The van der Waals surface area contributed by atoms with Gasteiger partial charge in [-0.25, -0.2) is 4.79 Å². The highest BCUT2D eigenvalue weighted by atomic mass is 16.5. The second kappa shape index (κ2) is 3.84. The molecule has 1 aliphatic rings. The van der Waals surface area contributed by atoms with E-state index in [9.17, 15) is 4.79 Å². The van der Waals surface area contributed by atoms with Crippen molar-refractivity contribution < 1.29 is 9.53 Å². The third-order valence-corrected chi connectivity index (χ3v) is 2.36. The lowest BCUT2D eigenvalue weighted by Crippen LogP contribution is -2.22. The maximum atomic E-state index is 11.4. The number of hydrogen-bond donors (Lipinski definition) is 2. The first-order chi connectivity index (χ1) is 6.81. The molecule has 2 rings (SSSR count). The van der Waals surface area contributed by atoms with Crippen molar-refractivity contribution >= 4 is 5.97 Å². The number of fused-ring (bicyclic) bond motifs is 1. The zero-order chi connectivity index (χ0) is 9.97. The third-order valence-electron chi connectivity index (χ3n) is 2.36. The number of aromatic amines is 1. The minimum atomic E-state index is -0.262. The molecule has 0 bridgehead atoms. The number of carbonyl (C=O) groups excluding carboxylic acids is 1. The van der Waals surface area contributed by atoms with Crippen LogP contribution in [0.3, 0.4) is 0 Å². The van der Waals surface area contributed by atoms with Gasteiger partial charge in [0.05, 0.1) is 6.61 Å². The highest BCUT2D eigenvalue weighted by Gasteiger charge is 2.16. The van der Waals surface area contributed by atoms with E-state index in [-0.39, 0.29) is 5.97 Å². The van der Waals surface area contributed by atoms with Crippen molar-refractivity contribution in [3.8, 4) is 0 Å². The van der Waals surface area contributed by atoms with E-state index in [0.717, 1.165) is 25.2 Å². The number of aromatic nitrogens is 1. The molecule has 1 aliphatic heterocycles. The van der Waals surface area contributed by atoms with Gasteiger partial charge in [0.2, 0.25) is 0 Å². The van der Waals surface area contributed by atoms with Gasteiger partial charge in [-0.05, 0) is 31.5 Å². The number of esters is 1. The predicted octanol–water partition coefficient (Wildman–Crippen LogP) is 0.837. The van der Waals surface area contributed by atoms with Crippen LogP contribution in [0, 0.1) is 0 Å². The van der Waals surface area contributed by atoms with Gasteiger partial charge in [-0.2, -0.15) is 0 Å². The molecule has 4 heteroatoms. The standard InChI is InChI=1S/C10H14N2O2/c1-2-14-10(13)8-5-7-3-4-11-6-9(7)12-8/h5,11-12H,2-4,6H2,1H3. The summed E-state index contributed by atoms with van der Waals surface area (Å²) < 4.78 is 4.92. The number of rotatable bonds is 2. The summed E-state index contributed by atoms with van der Waals surface area (Å²) in [4.78, 5) is 14.5. The maximum absolute atomic E-state index is 11.4. The lowest BCUT2D eigenvalue weighted by Gasteiger charge is -2.11. The summed E-state index contributed by atoms with van der Waals surface area (Å²) in [5.41, 5.74) is 2.91. The van der Waals surface area contributed by atoms with Crippen molar-refractivity contribution in [2.75, 3.05) is 13.2 Å². The van der Waals surface area contributed by atoms with Gasteiger partial charge in [-0.15, -0.1) is 0 Å². The average Bonchev–Trinajstić information content (AvgIpc) is 2.61. The molecular weight excluding hydrogens is 180 g/mol. The van der Waals surface area contributed by atoms with Crippen LogP contribution in [0.1, 0.15) is 28.7 Å². The summed E-state index contributed by atoms with van der Waals surface area (Å²) in [5.74, 6) is -0.262. The summed E-state index contributed by atoms with van der Waals surface area (Å²) in [7, 11) is 0. The van der Waals surface area contributed by atoms with Gasteiger partial charge >= 0.3 is 5.97 Å². The normalized spacial score (nSPS) is 14.9. The van der Waals surface area contributed by atoms with Crippen molar-refractivity contribution in [3.05, 3.63) is 23.0 Å². The van der Waals surface area contributed by atoms with E-state index in [4.69, 9.17) is 4.74 Å².